The van der Waals surface area contributed by atoms with Gasteiger partial charge in [0.15, 0.2) is 0 Å². The van der Waals surface area contributed by atoms with Crippen LogP contribution in [0.3, 0.4) is 0 Å². The third-order valence-electron chi connectivity index (χ3n) is 2.12. The summed E-state index contributed by atoms with van der Waals surface area (Å²) in [7, 11) is -0.412. The summed E-state index contributed by atoms with van der Waals surface area (Å²) in [6.45, 7) is 0.618. The minimum Gasteiger partial charge on any atom is -0.308 e. The molecule has 1 aromatic carbocycles. The van der Waals surface area contributed by atoms with Crippen LogP contribution in [-0.2, 0) is 10.0 Å². The van der Waals surface area contributed by atoms with Crippen molar-refractivity contribution in [1.82, 2.24) is 9.62 Å². The molecule has 0 saturated heterocycles. The monoisotopic (exact) mass is 342 g/mol. The highest BCUT2D eigenvalue weighted by atomic mass is 79.9. The molecule has 8 heteroatoms. The molecule has 1 rings (SSSR count). The maximum Gasteiger partial charge on any atom is 0.243 e. The van der Waals surface area contributed by atoms with Gasteiger partial charge in [-0.05, 0) is 36.1 Å². The largest absolute Gasteiger partial charge is 0.308 e. The van der Waals surface area contributed by atoms with E-state index in [4.69, 9.17) is 0 Å². The molecule has 0 heterocycles. The van der Waals surface area contributed by atoms with Gasteiger partial charge in [-0.25, -0.2) is 21.9 Å². The van der Waals surface area contributed by atoms with Gasteiger partial charge < -0.3 is 4.90 Å². The fourth-order valence-corrected chi connectivity index (χ4v) is 2.79. The molecule has 0 fully saturated rings. The summed E-state index contributed by atoms with van der Waals surface area (Å²) < 4.78 is 52.1. The minimum atomic E-state index is -3.97. The first-order chi connectivity index (χ1) is 8.24. The highest BCUT2D eigenvalue weighted by Gasteiger charge is 2.20. The van der Waals surface area contributed by atoms with E-state index in [0.29, 0.717) is 12.6 Å². The molecule has 0 radical (unpaired) electrons. The van der Waals surface area contributed by atoms with Gasteiger partial charge in [0.25, 0.3) is 0 Å². The first kappa shape index (κ1) is 15.5. The van der Waals surface area contributed by atoms with E-state index in [0.717, 1.165) is 6.07 Å². The second-order valence-electron chi connectivity index (χ2n) is 3.90. The van der Waals surface area contributed by atoms with Crippen LogP contribution < -0.4 is 4.72 Å². The summed E-state index contributed by atoms with van der Waals surface area (Å²) in [5, 5.41) is 0. The molecule has 0 unspecified atom stereocenters. The summed E-state index contributed by atoms with van der Waals surface area (Å²) in [6.07, 6.45) is 0. The molecule has 0 saturated carbocycles. The fourth-order valence-electron chi connectivity index (χ4n) is 1.19. The maximum absolute atomic E-state index is 13.4. The van der Waals surface area contributed by atoms with E-state index < -0.39 is 26.6 Å². The Labute approximate surface area is 113 Å². The van der Waals surface area contributed by atoms with Gasteiger partial charge in [0.05, 0.1) is 4.47 Å². The van der Waals surface area contributed by atoms with Crippen molar-refractivity contribution in [2.75, 3.05) is 27.2 Å². The first-order valence-electron chi connectivity index (χ1n) is 5.03. The van der Waals surface area contributed by atoms with Gasteiger partial charge in [-0.1, -0.05) is 0 Å². The molecular formula is C10H13BrF2N2O2S. The van der Waals surface area contributed by atoms with Crippen LogP contribution in [0.1, 0.15) is 0 Å². The van der Waals surface area contributed by atoms with E-state index in [-0.39, 0.29) is 11.0 Å². The third kappa shape index (κ3) is 3.98. The van der Waals surface area contributed by atoms with Crippen LogP contribution in [0.15, 0.2) is 21.5 Å². The Morgan fingerprint density at radius 2 is 1.89 bits per heavy atom. The Morgan fingerprint density at radius 1 is 1.28 bits per heavy atom. The van der Waals surface area contributed by atoms with Gasteiger partial charge in [0.1, 0.15) is 16.5 Å². The Morgan fingerprint density at radius 3 is 2.44 bits per heavy atom. The smallest absolute Gasteiger partial charge is 0.243 e. The molecule has 18 heavy (non-hydrogen) atoms. The number of halogens is 3. The lowest BCUT2D eigenvalue weighted by Crippen LogP contribution is -2.31. The number of hydrogen-bond acceptors (Lipinski definition) is 3. The molecule has 0 aliphatic rings. The summed E-state index contributed by atoms with van der Waals surface area (Å²) in [5.74, 6) is -1.97. The molecule has 102 valence electrons. The zero-order valence-electron chi connectivity index (χ0n) is 9.87. The standard InChI is InChI=1S/C10H13BrF2N2O2S/c1-15(2)4-3-14-18(16,17)10-5-7(11)8(12)6-9(10)13/h5-6,14H,3-4H2,1-2H3. The molecule has 0 aromatic heterocycles. The highest BCUT2D eigenvalue weighted by molar-refractivity contribution is 9.10. The Balaban J connectivity index is 2.95. The van der Waals surface area contributed by atoms with Crippen LogP contribution in [0.5, 0.6) is 0 Å². The number of nitrogens with zero attached hydrogens (tertiary/aromatic N) is 1. The summed E-state index contributed by atoms with van der Waals surface area (Å²) >= 11 is 2.82. The van der Waals surface area contributed by atoms with Crippen molar-refractivity contribution in [2.24, 2.45) is 0 Å². The van der Waals surface area contributed by atoms with Gasteiger partial charge in [0, 0.05) is 19.2 Å². The van der Waals surface area contributed by atoms with Crippen LogP contribution >= 0.6 is 15.9 Å². The van der Waals surface area contributed by atoms with Crippen LogP contribution in [0.2, 0.25) is 0 Å². The maximum atomic E-state index is 13.4. The molecular weight excluding hydrogens is 330 g/mol. The average molecular weight is 343 g/mol. The van der Waals surface area contributed by atoms with Gasteiger partial charge in [-0.3, -0.25) is 0 Å². The number of hydrogen-bond donors (Lipinski definition) is 1. The van der Waals surface area contributed by atoms with Crippen molar-refractivity contribution in [3.05, 3.63) is 28.2 Å². The molecule has 0 spiro atoms. The van der Waals surface area contributed by atoms with E-state index in [2.05, 4.69) is 20.7 Å². The van der Waals surface area contributed by atoms with Crippen molar-refractivity contribution in [3.63, 3.8) is 0 Å². The minimum absolute atomic E-state index is 0.100. The normalized spacial score (nSPS) is 12.1. The second-order valence-corrected chi connectivity index (χ2v) is 6.49. The predicted molar refractivity (Wildman–Crippen MR) is 67.8 cm³/mol. The number of nitrogens with one attached hydrogen (secondary N) is 1. The summed E-state index contributed by atoms with van der Waals surface area (Å²) in [4.78, 5) is 1.20. The van der Waals surface area contributed by atoms with E-state index in [1.807, 2.05) is 0 Å². The molecule has 0 aliphatic heterocycles. The van der Waals surface area contributed by atoms with Gasteiger partial charge >= 0.3 is 0 Å². The highest BCUT2D eigenvalue weighted by Crippen LogP contribution is 2.23. The first-order valence-corrected chi connectivity index (χ1v) is 7.30. The molecule has 0 bridgehead atoms. The molecule has 0 amide bonds. The summed E-state index contributed by atoms with van der Waals surface area (Å²) in [5.41, 5.74) is 0. The van der Waals surface area contributed by atoms with Crippen LogP contribution in [-0.4, -0.2) is 40.5 Å². The summed E-state index contributed by atoms with van der Waals surface area (Å²) in [6, 6.07) is 1.44. The van der Waals surface area contributed by atoms with E-state index in [9.17, 15) is 17.2 Å². The Kier molecular flexibility index (Phi) is 5.20. The number of sulfonamides is 1. The van der Waals surface area contributed by atoms with Gasteiger partial charge in [-0.2, -0.15) is 0 Å². The fraction of sp³-hybridized carbons (Fsp3) is 0.400. The zero-order chi connectivity index (χ0) is 13.9. The third-order valence-corrected chi connectivity index (χ3v) is 4.20. The molecule has 1 aromatic rings. The average Bonchev–Trinajstić information content (AvgIpc) is 2.22. The topological polar surface area (TPSA) is 49.4 Å². The van der Waals surface area contributed by atoms with Gasteiger partial charge in [0.2, 0.25) is 10.0 Å². The quantitative estimate of drug-likeness (QED) is 0.826. The molecule has 0 aliphatic carbocycles. The van der Waals surface area contributed by atoms with Crippen molar-refractivity contribution in [1.29, 1.82) is 0 Å². The van der Waals surface area contributed by atoms with E-state index >= 15 is 0 Å². The Bertz CT molecular complexity index is 535. The zero-order valence-corrected chi connectivity index (χ0v) is 12.3. The predicted octanol–water partition coefficient (Wildman–Crippen LogP) is 1.57. The second kappa shape index (κ2) is 6.05. The molecule has 0 atom stereocenters. The van der Waals surface area contributed by atoms with Crippen molar-refractivity contribution < 1.29 is 17.2 Å². The van der Waals surface area contributed by atoms with Crippen molar-refractivity contribution in [2.45, 2.75) is 4.90 Å². The van der Waals surface area contributed by atoms with Crippen LogP contribution in [0, 0.1) is 11.6 Å². The van der Waals surface area contributed by atoms with E-state index in [1.54, 1.807) is 19.0 Å². The number of benzene rings is 1. The number of likely N-dealkylation sites (N-methyl/N-ethyl adjacent to an activating group) is 1. The molecule has 4 nitrogen and oxygen atoms in total. The number of rotatable bonds is 5. The van der Waals surface area contributed by atoms with Gasteiger partial charge in [-0.15, -0.1) is 0 Å². The van der Waals surface area contributed by atoms with Crippen molar-refractivity contribution >= 4 is 26.0 Å². The van der Waals surface area contributed by atoms with Crippen LogP contribution in [0.4, 0.5) is 8.78 Å². The molecule has 1 N–H and O–H groups in total. The lowest BCUT2D eigenvalue weighted by molar-refractivity contribution is 0.412. The Hall–Kier alpha value is -0.570. The van der Waals surface area contributed by atoms with E-state index in [1.165, 1.54) is 0 Å². The van der Waals surface area contributed by atoms with Crippen LogP contribution in [0.25, 0.3) is 0 Å². The lowest BCUT2D eigenvalue weighted by Gasteiger charge is -2.11. The SMILES string of the molecule is CN(C)CCNS(=O)(=O)c1cc(Br)c(F)cc1F. The van der Waals surface area contributed by atoms with Crippen molar-refractivity contribution in [3.8, 4) is 0 Å². The lowest BCUT2D eigenvalue weighted by atomic mass is 10.3.